The molecule has 0 aliphatic heterocycles. The number of carbonyl (C=O) groups excluding carboxylic acids is 1. The number of halogens is 1. The zero-order valence-electron chi connectivity index (χ0n) is 10.1. The van der Waals surface area contributed by atoms with Crippen molar-refractivity contribution in [2.75, 3.05) is 12.8 Å². The van der Waals surface area contributed by atoms with Gasteiger partial charge in [-0.1, -0.05) is 0 Å². The Balaban J connectivity index is 2.19. The van der Waals surface area contributed by atoms with E-state index in [0.717, 1.165) is 6.07 Å². The number of nitrogens with zero attached hydrogens (tertiary/aromatic N) is 2. The molecule has 0 aliphatic rings. The predicted molar refractivity (Wildman–Crippen MR) is 66.3 cm³/mol. The number of ether oxygens (including phenoxy) is 1. The number of benzene rings is 1. The quantitative estimate of drug-likeness (QED) is 0.815. The number of rotatable bonds is 3. The van der Waals surface area contributed by atoms with E-state index in [1.165, 1.54) is 31.3 Å². The summed E-state index contributed by atoms with van der Waals surface area (Å²) in [6.45, 7) is 0. The standard InChI is InChI=1S/C12H11FN4O2/c1-15-12(18)9-4-5-11(17-16-9)19-10-6-7(13)2-3-8(10)14/h2-6H,14H2,1H3,(H,15,18). The van der Waals surface area contributed by atoms with E-state index in [4.69, 9.17) is 10.5 Å². The normalized spacial score (nSPS) is 10.0. The number of nitrogens with one attached hydrogen (secondary N) is 1. The lowest BCUT2D eigenvalue weighted by molar-refractivity contribution is 0.0957. The van der Waals surface area contributed by atoms with Crippen LogP contribution in [-0.4, -0.2) is 23.2 Å². The molecular formula is C12H11FN4O2. The molecule has 0 saturated carbocycles. The van der Waals surface area contributed by atoms with Gasteiger partial charge in [-0.25, -0.2) is 4.39 Å². The number of nitrogen functional groups attached to an aromatic ring is 1. The van der Waals surface area contributed by atoms with Crippen LogP contribution in [0.1, 0.15) is 10.5 Å². The number of amides is 1. The number of hydrogen-bond donors (Lipinski definition) is 2. The number of nitrogens with two attached hydrogens (primary N) is 1. The highest BCUT2D eigenvalue weighted by molar-refractivity contribution is 5.91. The van der Waals surface area contributed by atoms with Crippen LogP contribution in [0.2, 0.25) is 0 Å². The molecule has 1 heterocycles. The van der Waals surface area contributed by atoms with E-state index in [1.807, 2.05) is 0 Å². The Kier molecular flexibility index (Phi) is 3.56. The Morgan fingerprint density at radius 1 is 1.32 bits per heavy atom. The minimum atomic E-state index is -0.473. The van der Waals surface area contributed by atoms with Gasteiger partial charge >= 0.3 is 0 Å². The highest BCUT2D eigenvalue weighted by Crippen LogP contribution is 2.26. The van der Waals surface area contributed by atoms with Crippen molar-refractivity contribution in [3.63, 3.8) is 0 Å². The Labute approximate surface area is 108 Å². The molecule has 1 aromatic heterocycles. The fourth-order valence-corrected chi connectivity index (χ4v) is 1.33. The fraction of sp³-hybridized carbons (Fsp3) is 0.0833. The van der Waals surface area contributed by atoms with Gasteiger partial charge in [0.05, 0.1) is 5.69 Å². The van der Waals surface area contributed by atoms with Crippen LogP contribution < -0.4 is 15.8 Å². The number of hydrogen-bond acceptors (Lipinski definition) is 5. The van der Waals surface area contributed by atoms with E-state index in [2.05, 4.69) is 15.5 Å². The molecule has 3 N–H and O–H groups in total. The minimum absolute atomic E-state index is 0.116. The van der Waals surface area contributed by atoms with Crippen LogP contribution in [0, 0.1) is 5.82 Å². The van der Waals surface area contributed by atoms with Crippen molar-refractivity contribution in [2.24, 2.45) is 0 Å². The zero-order valence-corrected chi connectivity index (χ0v) is 10.1. The lowest BCUT2D eigenvalue weighted by atomic mass is 10.3. The number of aromatic nitrogens is 2. The van der Waals surface area contributed by atoms with Gasteiger partial charge in [0.1, 0.15) is 5.82 Å². The molecule has 0 atom stereocenters. The summed E-state index contributed by atoms with van der Waals surface area (Å²) in [5.74, 6) is -0.574. The lowest BCUT2D eigenvalue weighted by Crippen LogP contribution is -2.19. The number of anilines is 1. The van der Waals surface area contributed by atoms with Gasteiger partial charge in [0.15, 0.2) is 11.4 Å². The molecule has 1 aromatic carbocycles. The van der Waals surface area contributed by atoms with Crippen molar-refractivity contribution in [3.05, 3.63) is 41.8 Å². The lowest BCUT2D eigenvalue weighted by Gasteiger charge is -2.07. The van der Waals surface area contributed by atoms with Crippen molar-refractivity contribution < 1.29 is 13.9 Å². The topological polar surface area (TPSA) is 90.1 Å². The van der Waals surface area contributed by atoms with Crippen molar-refractivity contribution in [2.45, 2.75) is 0 Å². The molecule has 0 spiro atoms. The molecule has 98 valence electrons. The van der Waals surface area contributed by atoms with E-state index >= 15 is 0 Å². The van der Waals surface area contributed by atoms with E-state index in [-0.39, 0.29) is 28.9 Å². The summed E-state index contributed by atoms with van der Waals surface area (Å²) in [5, 5.41) is 9.79. The van der Waals surface area contributed by atoms with Gasteiger partial charge in [-0.3, -0.25) is 4.79 Å². The smallest absolute Gasteiger partial charge is 0.271 e. The monoisotopic (exact) mass is 262 g/mol. The second-order valence-electron chi connectivity index (χ2n) is 3.62. The van der Waals surface area contributed by atoms with Crippen LogP contribution in [-0.2, 0) is 0 Å². The summed E-state index contributed by atoms with van der Waals surface area (Å²) >= 11 is 0. The Morgan fingerprint density at radius 3 is 2.74 bits per heavy atom. The van der Waals surface area contributed by atoms with E-state index in [9.17, 15) is 9.18 Å². The van der Waals surface area contributed by atoms with Crippen molar-refractivity contribution in [3.8, 4) is 11.6 Å². The second-order valence-corrected chi connectivity index (χ2v) is 3.62. The van der Waals surface area contributed by atoms with Crippen molar-refractivity contribution in [1.29, 1.82) is 0 Å². The Hall–Kier alpha value is -2.70. The van der Waals surface area contributed by atoms with Gasteiger partial charge in [0, 0.05) is 19.2 Å². The Morgan fingerprint density at radius 2 is 2.11 bits per heavy atom. The third kappa shape index (κ3) is 2.95. The van der Waals surface area contributed by atoms with Crippen LogP contribution >= 0.6 is 0 Å². The second kappa shape index (κ2) is 5.30. The third-order valence-electron chi connectivity index (χ3n) is 2.29. The molecule has 6 nitrogen and oxygen atoms in total. The molecule has 0 radical (unpaired) electrons. The minimum Gasteiger partial charge on any atom is -0.435 e. The fourth-order valence-electron chi connectivity index (χ4n) is 1.33. The number of carbonyl (C=O) groups is 1. The highest BCUT2D eigenvalue weighted by Gasteiger charge is 2.08. The van der Waals surface area contributed by atoms with Crippen LogP contribution in [0.5, 0.6) is 11.6 Å². The average Bonchev–Trinajstić information content (AvgIpc) is 2.43. The van der Waals surface area contributed by atoms with Crippen molar-refractivity contribution >= 4 is 11.6 Å². The summed E-state index contributed by atoms with van der Waals surface area (Å²) in [7, 11) is 1.49. The van der Waals surface area contributed by atoms with Gasteiger partial charge < -0.3 is 15.8 Å². The maximum atomic E-state index is 13.0. The predicted octanol–water partition coefficient (Wildman–Crippen LogP) is 1.35. The Bertz CT molecular complexity index is 601. The summed E-state index contributed by atoms with van der Waals surface area (Å²) in [4.78, 5) is 11.3. The average molecular weight is 262 g/mol. The van der Waals surface area contributed by atoms with Gasteiger partial charge in [-0.15, -0.1) is 10.2 Å². The van der Waals surface area contributed by atoms with Gasteiger partial charge in [-0.2, -0.15) is 0 Å². The first kappa shape index (κ1) is 12.7. The van der Waals surface area contributed by atoms with Crippen LogP contribution in [0.4, 0.5) is 10.1 Å². The molecule has 2 aromatic rings. The van der Waals surface area contributed by atoms with Crippen molar-refractivity contribution in [1.82, 2.24) is 15.5 Å². The van der Waals surface area contributed by atoms with Crippen LogP contribution in [0.15, 0.2) is 30.3 Å². The van der Waals surface area contributed by atoms with E-state index in [1.54, 1.807) is 0 Å². The summed E-state index contributed by atoms with van der Waals surface area (Å²) in [6, 6.07) is 6.64. The third-order valence-corrected chi connectivity index (χ3v) is 2.29. The van der Waals surface area contributed by atoms with Gasteiger partial charge in [0.25, 0.3) is 5.91 Å². The van der Waals surface area contributed by atoms with Crippen LogP contribution in [0.3, 0.4) is 0 Å². The van der Waals surface area contributed by atoms with E-state index < -0.39 is 5.82 Å². The first-order chi connectivity index (χ1) is 9.10. The maximum absolute atomic E-state index is 13.0. The van der Waals surface area contributed by atoms with E-state index in [0.29, 0.717) is 0 Å². The SMILES string of the molecule is CNC(=O)c1ccc(Oc2cc(F)ccc2N)nn1. The molecule has 1 amide bonds. The zero-order chi connectivity index (χ0) is 13.8. The molecule has 19 heavy (non-hydrogen) atoms. The summed E-state index contributed by atoms with van der Waals surface area (Å²) in [5.41, 5.74) is 6.06. The molecule has 0 bridgehead atoms. The molecule has 0 saturated heterocycles. The molecule has 0 fully saturated rings. The van der Waals surface area contributed by atoms with Gasteiger partial charge in [0.2, 0.25) is 5.88 Å². The molecule has 7 heteroatoms. The first-order valence-corrected chi connectivity index (χ1v) is 5.39. The first-order valence-electron chi connectivity index (χ1n) is 5.39. The molecule has 0 aliphatic carbocycles. The highest BCUT2D eigenvalue weighted by atomic mass is 19.1. The molecule has 0 unspecified atom stereocenters. The molecular weight excluding hydrogens is 251 g/mol. The molecule has 2 rings (SSSR count). The summed E-state index contributed by atoms with van der Waals surface area (Å²) < 4.78 is 18.3. The van der Waals surface area contributed by atoms with Gasteiger partial charge in [-0.05, 0) is 18.2 Å². The summed E-state index contributed by atoms with van der Waals surface area (Å²) in [6.07, 6.45) is 0. The largest absolute Gasteiger partial charge is 0.435 e. The van der Waals surface area contributed by atoms with Crippen LogP contribution in [0.25, 0.3) is 0 Å². The maximum Gasteiger partial charge on any atom is 0.271 e.